The normalized spacial score (nSPS) is 42.7. The van der Waals surface area contributed by atoms with Crippen molar-refractivity contribution in [2.45, 2.75) is 18.1 Å². The Hall–Kier alpha value is 0.310. The highest BCUT2D eigenvalue weighted by atomic mass is 32.2. The molecule has 1 nitrogen and oxygen atoms in total. The summed E-state index contributed by atoms with van der Waals surface area (Å²) in [5.74, 6) is 2.28. The number of ether oxygens (including phenoxy) is 1. The van der Waals surface area contributed by atoms with Crippen molar-refractivity contribution in [2.75, 3.05) is 19.0 Å². The molecular formula is C7H12OS. The Labute approximate surface area is 60.2 Å². The van der Waals surface area contributed by atoms with Crippen molar-refractivity contribution in [2.24, 2.45) is 5.92 Å². The molecule has 2 unspecified atom stereocenters. The lowest BCUT2D eigenvalue weighted by Crippen LogP contribution is -2.25. The van der Waals surface area contributed by atoms with Gasteiger partial charge in [-0.1, -0.05) is 0 Å². The molecule has 2 atom stereocenters. The smallest absolute Gasteiger partial charge is 0.0505 e. The highest BCUT2D eigenvalue weighted by Crippen LogP contribution is 2.36. The Kier molecular flexibility index (Phi) is 1.68. The summed E-state index contributed by atoms with van der Waals surface area (Å²) in [4.78, 5) is 0. The van der Waals surface area contributed by atoms with Crippen LogP contribution in [-0.2, 0) is 4.74 Å². The summed E-state index contributed by atoms with van der Waals surface area (Å²) in [5.41, 5.74) is 0. The molecule has 0 spiro atoms. The third kappa shape index (κ3) is 1.10. The molecule has 2 rings (SSSR count). The first kappa shape index (κ1) is 6.05. The maximum atomic E-state index is 5.37. The zero-order valence-corrected chi connectivity index (χ0v) is 6.32. The Bertz CT molecular complexity index is 93.1. The largest absolute Gasteiger partial charge is 0.381 e. The molecule has 0 aromatic heterocycles. The van der Waals surface area contributed by atoms with Crippen molar-refractivity contribution in [1.82, 2.24) is 0 Å². The number of fused-ring (bicyclic) bond motifs is 1. The minimum absolute atomic E-state index is 0.906. The highest BCUT2D eigenvalue weighted by molar-refractivity contribution is 8.00. The van der Waals surface area contributed by atoms with Crippen molar-refractivity contribution < 1.29 is 4.74 Å². The molecule has 2 aliphatic heterocycles. The van der Waals surface area contributed by atoms with Gasteiger partial charge < -0.3 is 4.74 Å². The Morgan fingerprint density at radius 2 is 2.33 bits per heavy atom. The lowest BCUT2D eigenvalue weighted by Gasteiger charge is -2.23. The van der Waals surface area contributed by atoms with Crippen LogP contribution >= 0.6 is 11.8 Å². The minimum Gasteiger partial charge on any atom is -0.381 e. The molecule has 52 valence electrons. The average Bonchev–Trinajstić information content (AvgIpc) is 2.33. The van der Waals surface area contributed by atoms with Crippen molar-refractivity contribution >= 4 is 11.8 Å². The fourth-order valence-electron chi connectivity index (χ4n) is 1.64. The van der Waals surface area contributed by atoms with E-state index in [2.05, 4.69) is 11.8 Å². The van der Waals surface area contributed by atoms with E-state index < -0.39 is 0 Å². The van der Waals surface area contributed by atoms with Crippen LogP contribution < -0.4 is 0 Å². The van der Waals surface area contributed by atoms with Gasteiger partial charge in [-0.3, -0.25) is 0 Å². The van der Waals surface area contributed by atoms with Crippen molar-refractivity contribution in [3.8, 4) is 0 Å². The first-order valence-corrected chi connectivity index (χ1v) is 4.71. The predicted molar refractivity (Wildman–Crippen MR) is 39.8 cm³/mol. The number of rotatable bonds is 0. The summed E-state index contributed by atoms with van der Waals surface area (Å²) in [6, 6.07) is 0. The first-order chi connectivity index (χ1) is 4.47. The maximum Gasteiger partial charge on any atom is 0.0505 e. The molecule has 0 radical (unpaired) electrons. The molecule has 0 bridgehead atoms. The van der Waals surface area contributed by atoms with Gasteiger partial charge in [0.15, 0.2) is 0 Å². The second kappa shape index (κ2) is 2.51. The van der Waals surface area contributed by atoms with Gasteiger partial charge in [0.1, 0.15) is 0 Å². The van der Waals surface area contributed by atoms with Gasteiger partial charge in [0, 0.05) is 11.9 Å². The molecule has 2 heterocycles. The van der Waals surface area contributed by atoms with Crippen LogP contribution in [0.5, 0.6) is 0 Å². The van der Waals surface area contributed by atoms with Crippen LogP contribution in [0.1, 0.15) is 12.8 Å². The maximum absolute atomic E-state index is 5.37. The molecule has 9 heavy (non-hydrogen) atoms. The van der Waals surface area contributed by atoms with Crippen LogP contribution in [0, 0.1) is 5.92 Å². The van der Waals surface area contributed by atoms with E-state index in [0.29, 0.717) is 0 Å². The van der Waals surface area contributed by atoms with Crippen LogP contribution in [0.2, 0.25) is 0 Å². The fourth-order valence-corrected chi connectivity index (χ4v) is 3.13. The second-order valence-electron chi connectivity index (χ2n) is 2.82. The van der Waals surface area contributed by atoms with E-state index >= 15 is 0 Å². The average molecular weight is 144 g/mol. The molecule has 0 aromatic carbocycles. The van der Waals surface area contributed by atoms with Gasteiger partial charge in [-0.05, 0) is 24.5 Å². The number of hydrogen-bond donors (Lipinski definition) is 0. The van der Waals surface area contributed by atoms with Crippen LogP contribution in [-0.4, -0.2) is 24.2 Å². The van der Waals surface area contributed by atoms with E-state index in [1.54, 1.807) is 0 Å². The van der Waals surface area contributed by atoms with Gasteiger partial charge in [0.05, 0.1) is 6.61 Å². The van der Waals surface area contributed by atoms with Crippen LogP contribution in [0.3, 0.4) is 0 Å². The van der Waals surface area contributed by atoms with E-state index in [9.17, 15) is 0 Å². The van der Waals surface area contributed by atoms with Gasteiger partial charge in [-0.2, -0.15) is 11.8 Å². The monoisotopic (exact) mass is 144 g/mol. The van der Waals surface area contributed by atoms with E-state index in [1.165, 1.54) is 18.6 Å². The fraction of sp³-hybridized carbons (Fsp3) is 1.00. The standard InChI is InChI=1S/C7H12OS/c1-3-8-5-6-2-4-9-7(1)6/h6-7H,1-5H2. The molecule has 0 saturated carbocycles. The van der Waals surface area contributed by atoms with E-state index in [1.807, 2.05) is 0 Å². The lowest BCUT2D eigenvalue weighted by molar-refractivity contribution is 0.0616. The molecule has 0 N–H and O–H groups in total. The third-order valence-corrected chi connectivity index (χ3v) is 3.75. The molecular weight excluding hydrogens is 132 g/mol. The summed E-state index contributed by atoms with van der Waals surface area (Å²) >= 11 is 2.15. The Balaban J connectivity index is 1.97. The Morgan fingerprint density at radius 1 is 1.33 bits per heavy atom. The van der Waals surface area contributed by atoms with Crippen LogP contribution in [0.15, 0.2) is 0 Å². The number of hydrogen-bond acceptors (Lipinski definition) is 2. The minimum atomic E-state index is 0.906. The van der Waals surface area contributed by atoms with Crippen molar-refractivity contribution in [1.29, 1.82) is 0 Å². The topological polar surface area (TPSA) is 9.23 Å². The SMILES string of the molecule is C1CC2SCCC2CO1. The van der Waals surface area contributed by atoms with Gasteiger partial charge in [0.2, 0.25) is 0 Å². The van der Waals surface area contributed by atoms with Crippen molar-refractivity contribution in [3.05, 3.63) is 0 Å². The predicted octanol–water partition coefficient (Wildman–Crippen LogP) is 1.53. The highest BCUT2D eigenvalue weighted by Gasteiger charge is 2.30. The lowest BCUT2D eigenvalue weighted by atomic mass is 10.00. The zero-order chi connectivity index (χ0) is 6.10. The molecule has 2 saturated heterocycles. The number of thioether (sulfide) groups is 1. The first-order valence-electron chi connectivity index (χ1n) is 3.66. The summed E-state index contributed by atoms with van der Waals surface area (Å²) in [7, 11) is 0. The quantitative estimate of drug-likeness (QED) is 0.510. The van der Waals surface area contributed by atoms with E-state index in [4.69, 9.17) is 4.74 Å². The van der Waals surface area contributed by atoms with Gasteiger partial charge in [-0.25, -0.2) is 0 Å². The molecule has 2 heteroatoms. The summed E-state index contributed by atoms with van der Waals surface area (Å²) in [6.07, 6.45) is 2.70. The summed E-state index contributed by atoms with van der Waals surface area (Å²) in [6.45, 7) is 2.05. The molecule has 0 aromatic rings. The molecule has 2 aliphatic rings. The molecule has 0 amide bonds. The van der Waals surface area contributed by atoms with Crippen molar-refractivity contribution in [3.63, 3.8) is 0 Å². The summed E-state index contributed by atoms with van der Waals surface area (Å²) in [5, 5.41) is 0.957. The van der Waals surface area contributed by atoms with E-state index in [0.717, 1.165) is 24.4 Å². The van der Waals surface area contributed by atoms with Crippen LogP contribution in [0.25, 0.3) is 0 Å². The molecule has 2 fully saturated rings. The second-order valence-corrected chi connectivity index (χ2v) is 4.17. The van der Waals surface area contributed by atoms with E-state index in [-0.39, 0.29) is 0 Å². The third-order valence-electron chi connectivity index (χ3n) is 2.22. The molecule has 0 aliphatic carbocycles. The van der Waals surface area contributed by atoms with Gasteiger partial charge in [0.25, 0.3) is 0 Å². The zero-order valence-electron chi connectivity index (χ0n) is 5.51. The Morgan fingerprint density at radius 3 is 3.22 bits per heavy atom. The van der Waals surface area contributed by atoms with Gasteiger partial charge in [-0.15, -0.1) is 0 Å². The van der Waals surface area contributed by atoms with Gasteiger partial charge >= 0.3 is 0 Å². The van der Waals surface area contributed by atoms with Crippen LogP contribution in [0.4, 0.5) is 0 Å². The summed E-state index contributed by atoms with van der Waals surface area (Å²) < 4.78 is 5.37.